The van der Waals surface area contributed by atoms with Crippen LogP contribution in [0, 0.1) is 5.92 Å². The Morgan fingerprint density at radius 2 is 1.86 bits per heavy atom. The number of pyridine rings is 1. The van der Waals surface area contributed by atoms with Crippen LogP contribution in [-0.4, -0.2) is 71.0 Å². The Labute approximate surface area is 219 Å². The van der Waals surface area contributed by atoms with Crippen molar-refractivity contribution in [3.05, 3.63) is 82.3 Å². The fraction of sp³-hybridized carbons (Fsp3) is 0.276. The van der Waals surface area contributed by atoms with Crippen molar-refractivity contribution in [2.45, 2.75) is 6.92 Å². The first-order valence-electron chi connectivity index (χ1n) is 12.6. The molecule has 3 aromatic heterocycles. The van der Waals surface area contributed by atoms with Gasteiger partial charge in [0.1, 0.15) is 5.65 Å². The van der Waals surface area contributed by atoms with Crippen molar-refractivity contribution in [2.24, 2.45) is 5.92 Å². The van der Waals surface area contributed by atoms with Crippen LogP contribution in [-0.2, 0) is 4.74 Å². The van der Waals surface area contributed by atoms with Crippen molar-refractivity contribution >= 4 is 39.8 Å². The van der Waals surface area contributed by atoms with Crippen molar-refractivity contribution in [3.8, 4) is 11.1 Å². The van der Waals surface area contributed by atoms with Gasteiger partial charge in [-0.2, -0.15) is 0 Å². The molecule has 1 N–H and O–H groups in total. The molecule has 1 atom stereocenters. The first-order valence-corrected chi connectivity index (χ1v) is 13.4. The number of benzene rings is 1. The number of hydrogen-bond acceptors (Lipinski definition) is 5. The number of aromatic amines is 1. The van der Waals surface area contributed by atoms with Crippen LogP contribution < -0.4 is 0 Å². The molecule has 5 heterocycles. The lowest BCUT2D eigenvalue weighted by Gasteiger charge is -2.31. The van der Waals surface area contributed by atoms with E-state index in [1.54, 1.807) is 0 Å². The van der Waals surface area contributed by atoms with E-state index in [1.807, 2.05) is 64.0 Å². The number of hydrogen-bond donors (Lipinski definition) is 1. The number of fused-ring (bicyclic) bond motifs is 1. The van der Waals surface area contributed by atoms with Gasteiger partial charge in [0, 0.05) is 60.6 Å². The predicted octanol–water partition coefficient (Wildman–Crippen LogP) is 4.94. The molecule has 2 aliphatic rings. The smallest absolute Gasteiger partial charge is 0.264 e. The fourth-order valence-electron chi connectivity index (χ4n) is 5.16. The van der Waals surface area contributed by atoms with Gasteiger partial charge in [-0.15, -0.1) is 11.3 Å². The Bertz CT molecular complexity index is 1470. The van der Waals surface area contributed by atoms with E-state index in [-0.39, 0.29) is 17.7 Å². The van der Waals surface area contributed by atoms with E-state index in [2.05, 4.69) is 29.0 Å². The molecular formula is C29H28N4O3S. The van der Waals surface area contributed by atoms with Crippen LogP contribution in [0.4, 0.5) is 0 Å². The summed E-state index contributed by atoms with van der Waals surface area (Å²) in [7, 11) is 0. The molecule has 0 bridgehead atoms. The number of amides is 2. The highest BCUT2D eigenvalue weighted by Crippen LogP contribution is 2.34. The largest absolute Gasteiger partial charge is 0.378 e. The number of thiophene rings is 1. The highest BCUT2D eigenvalue weighted by molar-refractivity contribution is 7.12. The summed E-state index contributed by atoms with van der Waals surface area (Å²) in [4.78, 5) is 38.1. The minimum absolute atomic E-state index is 0.0428. The second kappa shape index (κ2) is 9.95. The second-order valence-electron chi connectivity index (χ2n) is 9.55. The average Bonchev–Trinajstić information content (AvgIpc) is 3.63. The van der Waals surface area contributed by atoms with E-state index in [0.717, 1.165) is 32.6 Å². The maximum atomic E-state index is 12.8. The summed E-state index contributed by atoms with van der Waals surface area (Å²) >= 11 is 1.48. The van der Waals surface area contributed by atoms with Gasteiger partial charge in [0.2, 0.25) is 0 Å². The average molecular weight is 513 g/mol. The molecule has 0 radical (unpaired) electrons. The first-order chi connectivity index (χ1) is 18.1. The maximum Gasteiger partial charge on any atom is 0.264 e. The Morgan fingerprint density at radius 3 is 2.59 bits per heavy atom. The van der Waals surface area contributed by atoms with Gasteiger partial charge in [-0.1, -0.05) is 31.2 Å². The maximum absolute atomic E-state index is 12.8. The number of nitrogens with zero attached hydrogens (tertiary/aromatic N) is 3. The zero-order valence-electron chi connectivity index (χ0n) is 20.6. The quantitative estimate of drug-likeness (QED) is 0.420. The van der Waals surface area contributed by atoms with Crippen LogP contribution in [0.25, 0.3) is 27.7 Å². The van der Waals surface area contributed by atoms with E-state index < -0.39 is 0 Å². The molecule has 2 aliphatic heterocycles. The zero-order chi connectivity index (χ0) is 25.4. The first kappa shape index (κ1) is 23.6. The van der Waals surface area contributed by atoms with Crippen LogP contribution in [0.2, 0.25) is 0 Å². The minimum atomic E-state index is 0.0428. The molecule has 0 spiro atoms. The van der Waals surface area contributed by atoms with Crippen LogP contribution in [0.1, 0.15) is 32.5 Å². The van der Waals surface area contributed by atoms with E-state index in [4.69, 9.17) is 4.74 Å². The van der Waals surface area contributed by atoms with Crippen molar-refractivity contribution < 1.29 is 14.3 Å². The van der Waals surface area contributed by atoms with Crippen LogP contribution in [0.15, 0.2) is 66.3 Å². The van der Waals surface area contributed by atoms with E-state index in [0.29, 0.717) is 45.0 Å². The molecule has 2 amide bonds. The third-order valence-corrected chi connectivity index (χ3v) is 8.04. The Kier molecular flexibility index (Phi) is 6.36. The van der Waals surface area contributed by atoms with Gasteiger partial charge in [0.05, 0.1) is 18.1 Å². The van der Waals surface area contributed by atoms with Gasteiger partial charge in [-0.3, -0.25) is 9.59 Å². The molecule has 1 saturated heterocycles. The van der Waals surface area contributed by atoms with Crippen molar-refractivity contribution in [3.63, 3.8) is 0 Å². The third kappa shape index (κ3) is 4.58. The van der Waals surface area contributed by atoms with E-state index >= 15 is 0 Å². The summed E-state index contributed by atoms with van der Waals surface area (Å²) in [5, 5.41) is 3.00. The van der Waals surface area contributed by atoms with Crippen LogP contribution >= 0.6 is 11.3 Å². The number of morpholine rings is 1. The normalized spacial score (nSPS) is 18.2. The summed E-state index contributed by atoms with van der Waals surface area (Å²) < 4.78 is 5.36. The number of nitrogens with one attached hydrogen (secondary N) is 1. The van der Waals surface area contributed by atoms with Gasteiger partial charge < -0.3 is 19.5 Å². The summed E-state index contributed by atoms with van der Waals surface area (Å²) in [5.74, 6) is 0.336. The molecule has 1 aromatic carbocycles. The number of rotatable bonds is 4. The lowest BCUT2D eigenvalue weighted by molar-refractivity contribution is 0.0303. The number of aromatic nitrogens is 2. The molecule has 0 saturated carbocycles. The summed E-state index contributed by atoms with van der Waals surface area (Å²) in [6.07, 6.45) is 6.05. The Hall–Kier alpha value is -3.75. The monoisotopic (exact) mass is 512 g/mol. The zero-order valence-corrected chi connectivity index (χ0v) is 21.5. The molecular weight excluding hydrogens is 484 g/mol. The van der Waals surface area contributed by atoms with Gasteiger partial charge in [-0.25, -0.2) is 4.98 Å². The topological polar surface area (TPSA) is 78.5 Å². The van der Waals surface area contributed by atoms with E-state index in [1.165, 1.54) is 16.9 Å². The van der Waals surface area contributed by atoms with Crippen LogP contribution in [0.3, 0.4) is 0 Å². The molecule has 1 fully saturated rings. The molecule has 6 rings (SSSR count). The molecule has 0 aliphatic carbocycles. The minimum Gasteiger partial charge on any atom is -0.378 e. The number of carbonyl (C=O) groups is 2. The molecule has 7 nitrogen and oxygen atoms in total. The van der Waals surface area contributed by atoms with Crippen molar-refractivity contribution in [2.75, 3.05) is 39.4 Å². The fourth-order valence-corrected chi connectivity index (χ4v) is 5.86. The van der Waals surface area contributed by atoms with Crippen LogP contribution in [0.5, 0.6) is 0 Å². The third-order valence-electron chi connectivity index (χ3n) is 7.18. The Morgan fingerprint density at radius 1 is 1.05 bits per heavy atom. The lowest BCUT2D eigenvalue weighted by Crippen LogP contribution is -2.40. The number of carbonyl (C=O) groups excluding carboxylic acids is 2. The SMILES string of the molecule is CC1CN(C(=O)c2cccs2)CC=C1c1c[nH]c2ncc(-c3ccc(C(=O)N4CCOCC4)cc3)cc12. The molecule has 37 heavy (non-hydrogen) atoms. The predicted molar refractivity (Wildman–Crippen MR) is 146 cm³/mol. The summed E-state index contributed by atoms with van der Waals surface area (Å²) in [6, 6.07) is 13.7. The van der Waals surface area contributed by atoms with E-state index in [9.17, 15) is 9.59 Å². The van der Waals surface area contributed by atoms with Gasteiger partial charge in [0.15, 0.2) is 0 Å². The standard InChI is InChI=1S/C29H28N4O3S/c1-19-18-33(29(35)26-3-2-14-37-26)9-8-23(19)25-17-31-27-24(25)15-22(16-30-27)20-4-6-21(7-5-20)28(34)32-10-12-36-13-11-32/h2-8,14-17,19H,9-13,18H2,1H3,(H,30,31). The van der Waals surface area contributed by atoms with Gasteiger partial charge in [-0.05, 0) is 46.7 Å². The van der Waals surface area contributed by atoms with Crippen molar-refractivity contribution in [1.29, 1.82) is 0 Å². The molecule has 8 heteroatoms. The summed E-state index contributed by atoms with van der Waals surface area (Å²) in [6.45, 7) is 5.88. The summed E-state index contributed by atoms with van der Waals surface area (Å²) in [5.41, 5.74) is 5.88. The molecule has 1 unspecified atom stereocenters. The highest BCUT2D eigenvalue weighted by Gasteiger charge is 2.26. The van der Waals surface area contributed by atoms with Crippen molar-refractivity contribution in [1.82, 2.24) is 19.8 Å². The van der Waals surface area contributed by atoms with Gasteiger partial charge in [0.25, 0.3) is 11.8 Å². The van der Waals surface area contributed by atoms with Gasteiger partial charge >= 0.3 is 0 Å². The molecule has 4 aromatic rings. The Balaban J connectivity index is 1.24. The number of H-pyrrole nitrogens is 1. The second-order valence-corrected chi connectivity index (χ2v) is 10.5. The highest BCUT2D eigenvalue weighted by atomic mass is 32.1. The molecule has 188 valence electrons. The number of ether oxygens (including phenoxy) is 1. The lowest BCUT2D eigenvalue weighted by atomic mass is 9.90.